The van der Waals surface area contributed by atoms with Gasteiger partial charge in [0, 0.05) is 12.3 Å². The zero-order chi connectivity index (χ0) is 19.2. The van der Waals surface area contributed by atoms with Gasteiger partial charge in [-0.25, -0.2) is 9.78 Å². The van der Waals surface area contributed by atoms with Crippen molar-refractivity contribution in [1.82, 2.24) is 15.2 Å². The number of H-pyrrole nitrogens is 1. The first-order valence-electron chi connectivity index (χ1n) is 8.88. The van der Waals surface area contributed by atoms with E-state index in [-0.39, 0.29) is 11.5 Å². The number of benzene rings is 2. The van der Waals surface area contributed by atoms with E-state index in [4.69, 9.17) is 12.2 Å². The molecule has 1 unspecified atom stereocenters. The minimum atomic E-state index is -0.944. The summed E-state index contributed by atoms with van der Waals surface area (Å²) < 4.78 is 0. The number of aromatic nitrogens is 3. The highest BCUT2D eigenvalue weighted by Gasteiger charge is 2.16. The van der Waals surface area contributed by atoms with Crippen LogP contribution in [0, 0.1) is 0 Å². The van der Waals surface area contributed by atoms with E-state index in [0.29, 0.717) is 12.0 Å². The molecule has 2 N–H and O–H groups in total. The molecule has 0 aliphatic rings. The van der Waals surface area contributed by atoms with Crippen LogP contribution in [0.2, 0.25) is 0 Å². The summed E-state index contributed by atoms with van der Waals surface area (Å²) in [6.07, 6.45) is 2.17. The van der Waals surface area contributed by atoms with Crippen LogP contribution in [0.4, 0.5) is 0 Å². The van der Waals surface area contributed by atoms with E-state index in [1.807, 2.05) is 42.5 Å². The number of carboxylic acid groups (broad SMARTS) is 1. The molecule has 1 atom stereocenters. The van der Waals surface area contributed by atoms with Gasteiger partial charge in [-0.05, 0) is 41.0 Å². The van der Waals surface area contributed by atoms with Crippen LogP contribution in [0.1, 0.15) is 53.3 Å². The quantitative estimate of drug-likeness (QED) is 0.557. The Balaban J connectivity index is 1.86. The van der Waals surface area contributed by atoms with Crippen LogP contribution in [0.25, 0.3) is 11.1 Å². The standard InChI is InChI=1S/C21H21N3O2S/c1-2-15(10-11-27)20-22-19(23-24-20)13-14-8-9-17(18(12-14)21(25)26)16-6-4-3-5-7-16/h3-9,11-12,15H,2,10,13H2,1H3,(H,25,26)(H,22,23,24). The summed E-state index contributed by atoms with van der Waals surface area (Å²) >= 11 is 4.95. The lowest BCUT2D eigenvalue weighted by Gasteiger charge is -2.09. The number of hydrogen-bond donors (Lipinski definition) is 2. The van der Waals surface area contributed by atoms with Crippen LogP contribution in [0.3, 0.4) is 0 Å². The molecule has 6 heteroatoms. The molecular formula is C21H21N3O2S. The first-order chi connectivity index (χ1) is 13.1. The fourth-order valence-electron chi connectivity index (χ4n) is 3.08. The molecule has 0 radical (unpaired) electrons. The number of nitrogens with zero attached hydrogens (tertiary/aromatic N) is 2. The van der Waals surface area contributed by atoms with Crippen molar-refractivity contribution in [2.24, 2.45) is 0 Å². The normalized spacial score (nSPS) is 11.9. The molecule has 0 saturated heterocycles. The Labute approximate surface area is 163 Å². The number of carboxylic acids is 1. The fraction of sp³-hybridized carbons (Fsp3) is 0.238. The third-order valence-electron chi connectivity index (χ3n) is 4.56. The Bertz CT molecular complexity index is 938. The van der Waals surface area contributed by atoms with Crippen LogP contribution >= 0.6 is 12.2 Å². The van der Waals surface area contributed by atoms with Crippen molar-refractivity contribution in [3.05, 3.63) is 71.3 Å². The molecule has 2 aromatic carbocycles. The molecule has 1 aromatic heterocycles. The molecule has 0 bridgehead atoms. The van der Waals surface area contributed by atoms with E-state index in [0.717, 1.165) is 35.6 Å². The molecule has 27 heavy (non-hydrogen) atoms. The van der Waals surface area contributed by atoms with Gasteiger partial charge < -0.3 is 5.11 Å². The van der Waals surface area contributed by atoms with Gasteiger partial charge in [-0.1, -0.05) is 61.6 Å². The number of carbonyl (C=O) groups is 1. The maximum Gasteiger partial charge on any atom is 0.336 e. The highest BCUT2D eigenvalue weighted by atomic mass is 32.1. The molecule has 0 saturated carbocycles. The van der Waals surface area contributed by atoms with E-state index >= 15 is 0 Å². The Kier molecular flexibility index (Phi) is 6.08. The molecule has 5 nitrogen and oxygen atoms in total. The Hall–Kier alpha value is -2.86. The molecule has 3 aromatic rings. The van der Waals surface area contributed by atoms with Crippen molar-refractivity contribution in [2.45, 2.75) is 32.1 Å². The van der Waals surface area contributed by atoms with E-state index in [9.17, 15) is 9.90 Å². The molecule has 1 heterocycles. The van der Waals surface area contributed by atoms with Crippen molar-refractivity contribution in [3.63, 3.8) is 0 Å². The number of aromatic amines is 1. The third-order valence-corrected chi connectivity index (χ3v) is 4.75. The number of rotatable bonds is 8. The van der Waals surface area contributed by atoms with E-state index in [2.05, 4.69) is 22.1 Å². The highest BCUT2D eigenvalue weighted by Crippen LogP contribution is 2.26. The van der Waals surface area contributed by atoms with Crippen molar-refractivity contribution < 1.29 is 9.90 Å². The summed E-state index contributed by atoms with van der Waals surface area (Å²) in [6.45, 7) is 2.08. The smallest absolute Gasteiger partial charge is 0.336 e. The van der Waals surface area contributed by atoms with Crippen LogP contribution in [0.5, 0.6) is 0 Å². The van der Waals surface area contributed by atoms with Gasteiger partial charge in [-0.3, -0.25) is 5.10 Å². The average Bonchev–Trinajstić information content (AvgIpc) is 3.15. The second-order valence-electron chi connectivity index (χ2n) is 6.38. The first kappa shape index (κ1) is 18.9. The van der Waals surface area contributed by atoms with Gasteiger partial charge in [0.15, 0.2) is 5.82 Å². The summed E-state index contributed by atoms with van der Waals surface area (Å²) in [6, 6.07) is 15.0. The van der Waals surface area contributed by atoms with Gasteiger partial charge in [0.1, 0.15) is 5.82 Å². The largest absolute Gasteiger partial charge is 0.478 e. The average molecular weight is 379 g/mol. The van der Waals surface area contributed by atoms with Gasteiger partial charge in [-0.2, -0.15) is 5.10 Å². The maximum absolute atomic E-state index is 11.8. The zero-order valence-corrected chi connectivity index (χ0v) is 15.9. The molecule has 0 amide bonds. The van der Waals surface area contributed by atoms with Crippen molar-refractivity contribution in [2.75, 3.05) is 0 Å². The maximum atomic E-state index is 11.8. The van der Waals surface area contributed by atoms with Gasteiger partial charge in [0.2, 0.25) is 0 Å². The number of thiocarbonyl (C=S) groups is 1. The van der Waals surface area contributed by atoms with Crippen LogP contribution < -0.4 is 0 Å². The minimum absolute atomic E-state index is 0.211. The second kappa shape index (κ2) is 8.68. The Morgan fingerprint density at radius 3 is 2.70 bits per heavy atom. The number of hydrogen-bond acceptors (Lipinski definition) is 4. The summed E-state index contributed by atoms with van der Waals surface area (Å²) in [5.74, 6) is 0.744. The zero-order valence-electron chi connectivity index (χ0n) is 15.1. The van der Waals surface area contributed by atoms with E-state index < -0.39 is 5.97 Å². The van der Waals surface area contributed by atoms with Crippen LogP contribution in [0.15, 0.2) is 48.5 Å². The lowest BCUT2D eigenvalue weighted by Crippen LogP contribution is -2.02. The first-order valence-corrected chi connectivity index (χ1v) is 9.36. The molecule has 0 aliphatic heterocycles. The minimum Gasteiger partial charge on any atom is -0.478 e. The molecule has 3 rings (SSSR count). The molecule has 138 valence electrons. The molecule has 0 fully saturated rings. The monoisotopic (exact) mass is 379 g/mol. The van der Waals surface area contributed by atoms with Crippen LogP contribution in [-0.2, 0) is 6.42 Å². The summed E-state index contributed by atoms with van der Waals surface area (Å²) in [5, 5.41) is 18.6. The predicted molar refractivity (Wildman–Crippen MR) is 109 cm³/mol. The van der Waals surface area contributed by atoms with Gasteiger partial charge >= 0.3 is 5.97 Å². The van der Waals surface area contributed by atoms with Crippen LogP contribution in [-0.4, -0.2) is 31.6 Å². The lowest BCUT2D eigenvalue weighted by molar-refractivity contribution is 0.0697. The second-order valence-corrected chi connectivity index (χ2v) is 6.71. The fourth-order valence-corrected chi connectivity index (χ4v) is 3.32. The lowest BCUT2D eigenvalue weighted by atomic mass is 9.96. The van der Waals surface area contributed by atoms with E-state index in [1.165, 1.54) is 0 Å². The SMILES string of the molecule is CCC(CC=S)c1n[nH]c(Cc2ccc(-c3ccccc3)c(C(=O)O)c2)n1. The molecule has 0 spiro atoms. The number of aromatic carboxylic acids is 1. The van der Waals surface area contributed by atoms with Gasteiger partial charge in [0.25, 0.3) is 0 Å². The predicted octanol–water partition coefficient (Wildman–Crippen LogP) is 4.64. The molecule has 0 aliphatic carbocycles. The van der Waals surface area contributed by atoms with Crippen molar-refractivity contribution in [3.8, 4) is 11.1 Å². The number of nitrogens with one attached hydrogen (secondary N) is 1. The summed E-state index contributed by atoms with van der Waals surface area (Å²) in [4.78, 5) is 16.3. The van der Waals surface area contributed by atoms with Gasteiger partial charge in [0.05, 0.1) is 5.56 Å². The topological polar surface area (TPSA) is 78.9 Å². The van der Waals surface area contributed by atoms with E-state index in [1.54, 1.807) is 11.4 Å². The highest BCUT2D eigenvalue weighted by molar-refractivity contribution is 7.78. The summed E-state index contributed by atoms with van der Waals surface area (Å²) in [7, 11) is 0. The third kappa shape index (κ3) is 4.46. The Morgan fingerprint density at radius 2 is 2.04 bits per heavy atom. The Morgan fingerprint density at radius 1 is 1.26 bits per heavy atom. The van der Waals surface area contributed by atoms with Gasteiger partial charge in [-0.15, -0.1) is 0 Å². The summed E-state index contributed by atoms with van der Waals surface area (Å²) in [5.41, 5.74) is 2.75. The molecular weight excluding hydrogens is 358 g/mol. The van der Waals surface area contributed by atoms with Crippen molar-refractivity contribution in [1.29, 1.82) is 0 Å². The van der Waals surface area contributed by atoms with Crippen molar-refractivity contribution >= 4 is 23.6 Å².